The second-order valence-corrected chi connectivity index (χ2v) is 4.86. The average Bonchev–Trinajstić information content (AvgIpc) is 2.60. The standard InChI is InChI=1S/C11H22O/c1-4-5-6-7-10(12)9-8-11(9,2)3/h9-10,12H,4-8H2,1-3H3. The molecule has 1 rings (SSSR count). The summed E-state index contributed by atoms with van der Waals surface area (Å²) in [6.45, 7) is 6.70. The molecule has 1 aliphatic rings. The monoisotopic (exact) mass is 170 g/mol. The van der Waals surface area contributed by atoms with E-state index in [-0.39, 0.29) is 6.10 Å². The van der Waals surface area contributed by atoms with E-state index in [4.69, 9.17) is 0 Å². The molecule has 12 heavy (non-hydrogen) atoms. The number of unbranched alkanes of at least 4 members (excludes halogenated alkanes) is 2. The van der Waals surface area contributed by atoms with Gasteiger partial charge in [0.05, 0.1) is 6.10 Å². The van der Waals surface area contributed by atoms with Gasteiger partial charge in [-0.25, -0.2) is 0 Å². The molecule has 0 aromatic rings. The van der Waals surface area contributed by atoms with E-state index in [2.05, 4.69) is 20.8 Å². The molecular formula is C11H22O. The van der Waals surface area contributed by atoms with Crippen molar-refractivity contribution >= 4 is 0 Å². The number of rotatable bonds is 5. The Morgan fingerprint density at radius 1 is 1.42 bits per heavy atom. The van der Waals surface area contributed by atoms with Gasteiger partial charge in [-0.1, -0.05) is 40.0 Å². The number of hydrogen-bond donors (Lipinski definition) is 1. The molecule has 2 unspecified atom stereocenters. The van der Waals surface area contributed by atoms with E-state index in [9.17, 15) is 5.11 Å². The molecule has 72 valence electrons. The average molecular weight is 170 g/mol. The van der Waals surface area contributed by atoms with Crippen LogP contribution in [0.3, 0.4) is 0 Å². The fraction of sp³-hybridized carbons (Fsp3) is 1.00. The van der Waals surface area contributed by atoms with E-state index in [0.29, 0.717) is 11.3 Å². The van der Waals surface area contributed by atoms with E-state index in [1.165, 1.54) is 25.7 Å². The number of hydrogen-bond acceptors (Lipinski definition) is 1. The second kappa shape index (κ2) is 3.78. The SMILES string of the molecule is CCCCCC(O)C1CC1(C)C. The molecule has 2 atom stereocenters. The first kappa shape index (κ1) is 10.0. The van der Waals surface area contributed by atoms with Gasteiger partial charge in [-0.2, -0.15) is 0 Å². The van der Waals surface area contributed by atoms with Crippen molar-refractivity contribution in [1.82, 2.24) is 0 Å². The second-order valence-electron chi connectivity index (χ2n) is 4.86. The van der Waals surface area contributed by atoms with Crippen LogP contribution in [0.4, 0.5) is 0 Å². The predicted molar refractivity (Wildman–Crippen MR) is 52.0 cm³/mol. The van der Waals surface area contributed by atoms with Gasteiger partial charge < -0.3 is 5.11 Å². The van der Waals surface area contributed by atoms with Crippen molar-refractivity contribution in [1.29, 1.82) is 0 Å². The van der Waals surface area contributed by atoms with Crippen molar-refractivity contribution in [2.45, 2.75) is 59.0 Å². The quantitative estimate of drug-likeness (QED) is 0.629. The normalized spacial score (nSPS) is 28.5. The first-order chi connectivity index (χ1) is 5.58. The van der Waals surface area contributed by atoms with Crippen LogP contribution in [0.2, 0.25) is 0 Å². The van der Waals surface area contributed by atoms with Crippen LogP contribution in [0.5, 0.6) is 0 Å². The number of aliphatic hydroxyl groups is 1. The minimum Gasteiger partial charge on any atom is -0.393 e. The first-order valence-electron chi connectivity index (χ1n) is 5.26. The van der Waals surface area contributed by atoms with Crippen molar-refractivity contribution in [2.75, 3.05) is 0 Å². The van der Waals surface area contributed by atoms with Crippen molar-refractivity contribution < 1.29 is 5.11 Å². The Balaban J connectivity index is 2.09. The molecule has 1 aliphatic carbocycles. The molecule has 0 aromatic carbocycles. The Bertz CT molecular complexity index is 140. The van der Waals surface area contributed by atoms with Crippen LogP contribution >= 0.6 is 0 Å². The van der Waals surface area contributed by atoms with Gasteiger partial charge in [-0.3, -0.25) is 0 Å². The Morgan fingerprint density at radius 3 is 2.42 bits per heavy atom. The molecule has 0 bridgehead atoms. The summed E-state index contributed by atoms with van der Waals surface area (Å²) in [5.41, 5.74) is 0.436. The van der Waals surface area contributed by atoms with Crippen molar-refractivity contribution in [2.24, 2.45) is 11.3 Å². The van der Waals surface area contributed by atoms with Gasteiger partial charge >= 0.3 is 0 Å². The zero-order valence-electron chi connectivity index (χ0n) is 8.64. The van der Waals surface area contributed by atoms with Gasteiger partial charge in [0.1, 0.15) is 0 Å². The summed E-state index contributed by atoms with van der Waals surface area (Å²) >= 11 is 0. The van der Waals surface area contributed by atoms with E-state index < -0.39 is 0 Å². The minimum absolute atomic E-state index is 0.0217. The van der Waals surface area contributed by atoms with Crippen molar-refractivity contribution in [3.63, 3.8) is 0 Å². The Morgan fingerprint density at radius 2 is 2.00 bits per heavy atom. The molecule has 0 amide bonds. The largest absolute Gasteiger partial charge is 0.393 e. The topological polar surface area (TPSA) is 20.2 Å². The highest BCUT2D eigenvalue weighted by atomic mass is 16.3. The molecule has 1 heteroatoms. The summed E-state index contributed by atoms with van der Waals surface area (Å²) in [5.74, 6) is 0.592. The fourth-order valence-corrected chi connectivity index (χ4v) is 1.97. The summed E-state index contributed by atoms with van der Waals surface area (Å²) in [4.78, 5) is 0. The third-order valence-corrected chi connectivity index (χ3v) is 3.16. The van der Waals surface area contributed by atoms with Crippen LogP contribution in [-0.4, -0.2) is 11.2 Å². The van der Waals surface area contributed by atoms with Gasteiger partial charge in [-0.15, -0.1) is 0 Å². The molecule has 0 spiro atoms. The maximum absolute atomic E-state index is 9.75. The molecular weight excluding hydrogens is 148 g/mol. The minimum atomic E-state index is -0.0217. The van der Waals surface area contributed by atoms with E-state index in [0.717, 1.165) is 6.42 Å². The van der Waals surface area contributed by atoms with Crippen LogP contribution in [0.25, 0.3) is 0 Å². The predicted octanol–water partition coefficient (Wildman–Crippen LogP) is 2.97. The smallest absolute Gasteiger partial charge is 0.0573 e. The lowest BCUT2D eigenvalue weighted by atomic mass is 10.0. The molecule has 0 heterocycles. The molecule has 1 fully saturated rings. The molecule has 1 nitrogen and oxygen atoms in total. The lowest BCUT2D eigenvalue weighted by Gasteiger charge is -2.11. The van der Waals surface area contributed by atoms with Crippen LogP contribution in [0, 0.1) is 11.3 Å². The van der Waals surface area contributed by atoms with Crippen LogP contribution in [0.15, 0.2) is 0 Å². The van der Waals surface area contributed by atoms with Crippen LogP contribution in [-0.2, 0) is 0 Å². The Hall–Kier alpha value is -0.0400. The zero-order valence-corrected chi connectivity index (χ0v) is 8.64. The van der Waals surface area contributed by atoms with E-state index in [1.54, 1.807) is 0 Å². The fourth-order valence-electron chi connectivity index (χ4n) is 1.97. The van der Waals surface area contributed by atoms with Crippen LogP contribution in [0.1, 0.15) is 52.9 Å². The summed E-state index contributed by atoms with van der Waals surface area (Å²) in [7, 11) is 0. The first-order valence-corrected chi connectivity index (χ1v) is 5.26. The molecule has 0 aromatic heterocycles. The van der Waals surface area contributed by atoms with Gasteiger partial charge in [0.2, 0.25) is 0 Å². The van der Waals surface area contributed by atoms with Gasteiger partial charge in [0.25, 0.3) is 0 Å². The highest BCUT2D eigenvalue weighted by molar-refractivity contribution is 4.98. The maximum Gasteiger partial charge on any atom is 0.0573 e. The molecule has 0 saturated heterocycles. The van der Waals surface area contributed by atoms with E-state index in [1.807, 2.05) is 0 Å². The molecule has 1 N–H and O–H groups in total. The summed E-state index contributed by atoms with van der Waals surface area (Å²) in [6.07, 6.45) is 5.93. The molecule has 1 saturated carbocycles. The highest BCUT2D eigenvalue weighted by Crippen LogP contribution is 2.54. The highest BCUT2D eigenvalue weighted by Gasteiger charge is 2.49. The van der Waals surface area contributed by atoms with Gasteiger partial charge in [-0.05, 0) is 24.2 Å². The summed E-state index contributed by atoms with van der Waals surface area (Å²) in [6, 6.07) is 0. The Labute approximate surface area is 76.2 Å². The number of aliphatic hydroxyl groups excluding tert-OH is 1. The summed E-state index contributed by atoms with van der Waals surface area (Å²) < 4.78 is 0. The van der Waals surface area contributed by atoms with Crippen molar-refractivity contribution in [3.8, 4) is 0 Å². The van der Waals surface area contributed by atoms with Gasteiger partial charge in [0.15, 0.2) is 0 Å². The Kier molecular flexibility index (Phi) is 3.16. The third kappa shape index (κ3) is 2.48. The van der Waals surface area contributed by atoms with E-state index >= 15 is 0 Å². The third-order valence-electron chi connectivity index (χ3n) is 3.16. The lowest BCUT2D eigenvalue weighted by Crippen LogP contribution is -2.12. The summed E-state index contributed by atoms with van der Waals surface area (Å²) in [5, 5.41) is 9.75. The van der Waals surface area contributed by atoms with Crippen LogP contribution < -0.4 is 0 Å². The lowest BCUT2D eigenvalue weighted by molar-refractivity contribution is 0.124. The molecule has 0 aliphatic heterocycles. The van der Waals surface area contributed by atoms with Gasteiger partial charge in [0, 0.05) is 0 Å². The molecule has 0 radical (unpaired) electrons. The maximum atomic E-state index is 9.75. The van der Waals surface area contributed by atoms with Crippen molar-refractivity contribution in [3.05, 3.63) is 0 Å². The zero-order chi connectivity index (χ0) is 9.19.